The number of aryl methyl sites for hydroxylation is 1. The van der Waals surface area contributed by atoms with E-state index in [0.29, 0.717) is 17.9 Å². The molecule has 1 fully saturated rings. The average Bonchev–Trinajstić information content (AvgIpc) is 2.66. The van der Waals surface area contributed by atoms with Crippen LogP contribution in [0.3, 0.4) is 0 Å². The summed E-state index contributed by atoms with van der Waals surface area (Å²) in [6, 6.07) is 9.55. The van der Waals surface area contributed by atoms with E-state index in [0.717, 1.165) is 30.6 Å². The van der Waals surface area contributed by atoms with Gasteiger partial charge in [0.1, 0.15) is 5.69 Å². The van der Waals surface area contributed by atoms with Crippen molar-refractivity contribution in [3.63, 3.8) is 0 Å². The Balaban J connectivity index is 1.54. The van der Waals surface area contributed by atoms with Crippen molar-refractivity contribution >= 4 is 23.2 Å². The van der Waals surface area contributed by atoms with Crippen LogP contribution in [0.25, 0.3) is 0 Å². The van der Waals surface area contributed by atoms with Gasteiger partial charge in [0, 0.05) is 24.5 Å². The van der Waals surface area contributed by atoms with Gasteiger partial charge < -0.3 is 10.6 Å². The van der Waals surface area contributed by atoms with Crippen molar-refractivity contribution < 1.29 is 9.59 Å². The molecular formula is C19H23N5O3. The first-order valence-corrected chi connectivity index (χ1v) is 8.99. The number of hydrogen-bond acceptors (Lipinski definition) is 5. The molecule has 8 heteroatoms. The van der Waals surface area contributed by atoms with Gasteiger partial charge in [0.05, 0.1) is 6.54 Å². The summed E-state index contributed by atoms with van der Waals surface area (Å²) in [4.78, 5) is 37.8. The van der Waals surface area contributed by atoms with Crippen LogP contribution in [-0.2, 0) is 11.8 Å². The fraction of sp³-hybridized carbons (Fsp3) is 0.368. The summed E-state index contributed by atoms with van der Waals surface area (Å²) in [5, 5.41) is 9.50. The van der Waals surface area contributed by atoms with Crippen LogP contribution in [0.15, 0.2) is 41.2 Å². The molecule has 0 bridgehead atoms. The molecule has 2 N–H and O–H groups in total. The van der Waals surface area contributed by atoms with Crippen LogP contribution in [0.5, 0.6) is 0 Å². The highest BCUT2D eigenvalue weighted by molar-refractivity contribution is 6.02. The third kappa shape index (κ3) is 5.24. The van der Waals surface area contributed by atoms with Crippen molar-refractivity contribution in [2.45, 2.75) is 19.3 Å². The molecule has 0 unspecified atom stereocenters. The smallest absolute Gasteiger partial charge is 0.276 e. The van der Waals surface area contributed by atoms with Gasteiger partial charge >= 0.3 is 0 Å². The van der Waals surface area contributed by atoms with Crippen LogP contribution in [0.1, 0.15) is 29.8 Å². The molecule has 1 aromatic carbocycles. The molecule has 2 heterocycles. The fourth-order valence-electron chi connectivity index (χ4n) is 2.98. The lowest BCUT2D eigenvalue weighted by Crippen LogP contribution is -2.36. The van der Waals surface area contributed by atoms with Gasteiger partial charge in [-0.25, -0.2) is 4.68 Å². The molecule has 27 heavy (non-hydrogen) atoms. The Labute approximate surface area is 157 Å². The van der Waals surface area contributed by atoms with E-state index in [1.807, 2.05) is 0 Å². The molecule has 8 nitrogen and oxygen atoms in total. The fourth-order valence-corrected chi connectivity index (χ4v) is 2.98. The summed E-state index contributed by atoms with van der Waals surface area (Å²) in [6.45, 7) is 2.34. The highest BCUT2D eigenvalue weighted by atomic mass is 16.2. The van der Waals surface area contributed by atoms with Crippen molar-refractivity contribution in [3.05, 3.63) is 52.4 Å². The van der Waals surface area contributed by atoms with E-state index in [4.69, 9.17) is 0 Å². The Morgan fingerprint density at radius 2 is 1.59 bits per heavy atom. The summed E-state index contributed by atoms with van der Waals surface area (Å²) in [5.74, 6) is -0.449. The number of carbonyl (C=O) groups excluding carboxylic acids is 2. The number of benzene rings is 1. The molecule has 1 aromatic heterocycles. The van der Waals surface area contributed by atoms with Gasteiger partial charge in [-0.1, -0.05) is 6.42 Å². The van der Waals surface area contributed by atoms with E-state index in [1.54, 1.807) is 24.3 Å². The average molecular weight is 369 g/mol. The molecule has 3 rings (SSSR count). The topological polar surface area (TPSA) is 96.3 Å². The number of rotatable bonds is 5. The third-order valence-corrected chi connectivity index (χ3v) is 4.44. The molecule has 1 saturated heterocycles. The van der Waals surface area contributed by atoms with Gasteiger partial charge in [-0.05, 0) is 56.3 Å². The van der Waals surface area contributed by atoms with Crippen LogP contribution in [0, 0.1) is 0 Å². The lowest BCUT2D eigenvalue weighted by molar-refractivity contribution is -0.117. The molecule has 0 radical (unpaired) electrons. The Bertz CT molecular complexity index is 870. The minimum Gasteiger partial charge on any atom is -0.325 e. The number of amides is 2. The van der Waals surface area contributed by atoms with E-state index in [1.165, 1.54) is 25.6 Å². The molecule has 1 aliphatic heterocycles. The number of nitrogens with one attached hydrogen (secondary N) is 2. The Kier molecular flexibility index (Phi) is 5.97. The Morgan fingerprint density at radius 3 is 2.22 bits per heavy atom. The van der Waals surface area contributed by atoms with Crippen molar-refractivity contribution in [1.82, 2.24) is 14.7 Å². The summed E-state index contributed by atoms with van der Waals surface area (Å²) >= 11 is 0. The number of aromatic nitrogens is 2. The van der Waals surface area contributed by atoms with E-state index >= 15 is 0 Å². The molecular weight excluding hydrogens is 346 g/mol. The van der Waals surface area contributed by atoms with Crippen molar-refractivity contribution in [3.8, 4) is 0 Å². The summed E-state index contributed by atoms with van der Waals surface area (Å²) in [6.07, 6.45) is 3.53. The number of anilines is 2. The van der Waals surface area contributed by atoms with Gasteiger partial charge in [-0.15, -0.1) is 0 Å². The monoisotopic (exact) mass is 369 g/mol. The van der Waals surface area contributed by atoms with Crippen molar-refractivity contribution in [1.29, 1.82) is 0 Å². The van der Waals surface area contributed by atoms with Gasteiger partial charge in [0.15, 0.2) is 0 Å². The molecule has 2 aromatic rings. The normalized spacial score (nSPS) is 14.6. The summed E-state index contributed by atoms with van der Waals surface area (Å²) in [5.41, 5.74) is 1.12. The molecule has 1 aliphatic rings. The van der Waals surface area contributed by atoms with E-state index in [9.17, 15) is 14.4 Å². The largest absolute Gasteiger partial charge is 0.325 e. The van der Waals surface area contributed by atoms with Crippen LogP contribution in [-0.4, -0.2) is 46.1 Å². The van der Waals surface area contributed by atoms with Crippen LogP contribution in [0.2, 0.25) is 0 Å². The lowest BCUT2D eigenvalue weighted by Gasteiger charge is -2.25. The van der Waals surface area contributed by atoms with Gasteiger partial charge in [-0.3, -0.25) is 19.3 Å². The zero-order valence-electron chi connectivity index (χ0n) is 15.3. The SMILES string of the molecule is Cn1nc(C(=O)Nc2ccc(NC(=O)CN3CCCCC3)cc2)ccc1=O. The highest BCUT2D eigenvalue weighted by Gasteiger charge is 2.14. The number of carbonyl (C=O) groups is 2. The molecule has 0 atom stereocenters. The van der Waals surface area contributed by atoms with Crippen molar-refractivity contribution in [2.24, 2.45) is 7.05 Å². The van der Waals surface area contributed by atoms with E-state index in [2.05, 4.69) is 20.6 Å². The maximum absolute atomic E-state index is 12.2. The standard InChI is InChI=1S/C19H23N5O3/c1-23-18(26)10-9-16(22-23)19(27)21-15-7-5-14(6-8-15)20-17(25)13-24-11-3-2-4-12-24/h5-10H,2-4,11-13H2,1H3,(H,20,25)(H,21,27). The minimum absolute atomic E-state index is 0.0388. The number of piperidine rings is 1. The molecule has 0 aliphatic carbocycles. The number of hydrogen-bond donors (Lipinski definition) is 2. The second-order valence-corrected chi connectivity index (χ2v) is 6.60. The predicted octanol–water partition coefficient (Wildman–Crippen LogP) is 1.46. The minimum atomic E-state index is -0.410. The van der Waals surface area contributed by atoms with Gasteiger partial charge in [-0.2, -0.15) is 5.10 Å². The van der Waals surface area contributed by atoms with Crippen LogP contribution in [0.4, 0.5) is 11.4 Å². The zero-order chi connectivity index (χ0) is 19.2. The molecule has 142 valence electrons. The first-order valence-electron chi connectivity index (χ1n) is 8.99. The van der Waals surface area contributed by atoms with Crippen molar-refractivity contribution in [2.75, 3.05) is 30.3 Å². The summed E-state index contributed by atoms with van der Waals surface area (Å²) < 4.78 is 1.11. The van der Waals surface area contributed by atoms with Crippen LogP contribution >= 0.6 is 0 Å². The first-order chi connectivity index (χ1) is 13.0. The number of likely N-dealkylation sites (tertiary alicyclic amines) is 1. The highest BCUT2D eigenvalue weighted by Crippen LogP contribution is 2.15. The lowest BCUT2D eigenvalue weighted by atomic mass is 10.1. The van der Waals surface area contributed by atoms with Gasteiger partial charge in [0.25, 0.3) is 11.5 Å². The third-order valence-electron chi connectivity index (χ3n) is 4.44. The predicted molar refractivity (Wildman–Crippen MR) is 103 cm³/mol. The van der Waals surface area contributed by atoms with E-state index < -0.39 is 5.91 Å². The van der Waals surface area contributed by atoms with E-state index in [-0.39, 0.29) is 17.2 Å². The Morgan fingerprint density at radius 1 is 0.963 bits per heavy atom. The second kappa shape index (κ2) is 8.59. The number of nitrogens with zero attached hydrogens (tertiary/aromatic N) is 3. The molecule has 2 amide bonds. The summed E-state index contributed by atoms with van der Waals surface area (Å²) in [7, 11) is 1.49. The Hall–Kier alpha value is -3.00. The maximum Gasteiger partial charge on any atom is 0.276 e. The van der Waals surface area contributed by atoms with Gasteiger partial charge in [0.2, 0.25) is 5.91 Å². The molecule has 0 saturated carbocycles. The zero-order valence-corrected chi connectivity index (χ0v) is 15.3. The van der Waals surface area contributed by atoms with Crippen LogP contribution < -0.4 is 16.2 Å². The quantitative estimate of drug-likeness (QED) is 0.832. The first kappa shape index (κ1) is 18.8. The molecule has 0 spiro atoms. The maximum atomic E-state index is 12.2. The second-order valence-electron chi connectivity index (χ2n) is 6.60.